The van der Waals surface area contributed by atoms with E-state index in [9.17, 15) is 4.79 Å². The molecular weight excluding hydrogens is 378 g/mol. The zero-order chi connectivity index (χ0) is 21.7. The van der Waals surface area contributed by atoms with Gasteiger partial charge in [0.2, 0.25) is 11.7 Å². The number of aryl methyl sites for hydroxylation is 1. The second-order valence-electron chi connectivity index (χ2n) is 8.39. The number of hydrogen-bond donors (Lipinski definition) is 1. The van der Waals surface area contributed by atoms with Crippen molar-refractivity contribution >= 4 is 5.91 Å². The minimum absolute atomic E-state index is 0.0709. The molecule has 3 rings (SSSR count). The predicted octanol–water partition coefficient (Wildman–Crippen LogP) is 4.82. The minimum Gasteiger partial charge on any atom is -0.481 e. The van der Waals surface area contributed by atoms with Crippen molar-refractivity contribution in [2.24, 2.45) is 0 Å². The lowest BCUT2D eigenvalue weighted by Gasteiger charge is -2.20. The molecule has 1 aromatic heterocycles. The van der Waals surface area contributed by atoms with Crippen LogP contribution >= 0.6 is 0 Å². The van der Waals surface area contributed by atoms with Gasteiger partial charge in [-0.25, -0.2) is 0 Å². The van der Waals surface area contributed by atoms with Crippen LogP contribution < -0.4 is 10.1 Å². The summed E-state index contributed by atoms with van der Waals surface area (Å²) in [4.78, 5) is 16.9. The molecule has 0 spiro atoms. The largest absolute Gasteiger partial charge is 0.481 e. The first kappa shape index (κ1) is 21.6. The van der Waals surface area contributed by atoms with E-state index in [1.807, 2.05) is 62.4 Å². The van der Waals surface area contributed by atoms with Gasteiger partial charge in [0, 0.05) is 5.56 Å². The van der Waals surface area contributed by atoms with E-state index in [4.69, 9.17) is 9.26 Å². The van der Waals surface area contributed by atoms with E-state index >= 15 is 0 Å². The topological polar surface area (TPSA) is 77.2 Å². The van der Waals surface area contributed by atoms with Crippen molar-refractivity contribution in [2.45, 2.75) is 59.1 Å². The number of hydrogen-bond acceptors (Lipinski definition) is 5. The molecule has 0 unspecified atom stereocenters. The highest BCUT2D eigenvalue weighted by atomic mass is 16.5. The van der Waals surface area contributed by atoms with Crippen LogP contribution in [0.5, 0.6) is 5.75 Å². The van der Waals surface area contributed by atoms with Crippen LogP contribution in [-0.4, -0.2) is 22.2 Å². The normalized spacial score (nSPS) is 12.4. The van der Waals surface area contributed by atoms with Crippen LogP contribution in [0.4, 0.5) is 0 Å². The Balaban J connectivity index is 1.58. The summed E-state index contributed by atoms with van der Waals surface area (Å²) in [6.45, 7) is 10.6. The third-order valence-electron chi connectivity index (χ3n) is 4.82. The lowest BCUT2D eigenvalue weighted by Crippen LogP contribution is -2.37. The van der Waals surface area contributed by atoms with E-state index in [2.05, 4.69) is 36.2 Å². The lowest BCUT2D eigenvalue weighted by atomic mass is 9.87. The fraction of sp³-hybridized carbons (Fsp3) is 0.375. The molecule has 0 radical (unpaired) electrons. The first-order chi connectivity index (χ1) is 14.3. The molecular formula is C24H29N3O3. The van der Waals surface area contributed by atoms with E-state index in [0.29, 0.717) is 23.9 Å². The Morgan fingerprint density at radius 1 is 1.17 bits per heavy atom. The van der Waals surface area contributed by atoms with E-state index in [1.165, 1.54) is 5.56 Å². The van der Waals surface area contributed by atoms with Gasteiger partial charge in [-0.1, -0.05) is 68.7 Å². The van der Waals surface area contributed by atoms with Crippen LogP contribution in [0.3, 0.4) is 0 Å². The Morgan fingerprint density at radius 3 is 2.53 bits per heavy atom. The molecule has 1 N–H and O–H groups in total. The van der Waals surface area contributed by atoms with Crippen molar-refractivity contribution in [1.82, 2.24) is 15.5 Å². The molecule has 0 bridgehead atoms. The fourth-order valence-corrected chi connectivity index (χ4v) is 3.02. The van der Waals surface area contributed by atoms with Gasteiger partial charge in [0.15, 0.2) is 6.10 Å². The first-order valence-corrected chi connectivity index (χ1v) is 10.2. The Bertz CT molecular complexity index is 987. The molecule has 2 aromatic carbocycles. The number of nitrogens with zero attached hydrogens (tertiary/aromatic N) is 2. The molecule has 1 atom stereocenters. The predicted molar refractivity (Wildman–Crippen MR) is 116 cm³/mol. The van der Waals surface area contributed by atoms with Gasteiger partial charge in [0.05, 0.1) is 6.54 Å². The Morgan fingerprint density at radius 2 is 1.90 bits per heavy atom. The number of amides is 1. The van der Waals surface area contributed by atoms with Crippen LogP contribution in [0.2, 0.25) is 0 Å². The summed E-state index contributed by atoms with van der Waals surface area (Å²) >= 11 is 0. The molecule has 6 nitrogen and oxygen atoms in total. The van der Waals surface area contributed by atoms with Gasteiger partial charge >= 0.3 is 0 Å². The van der Waals surface area contributed by atoms with Crippen LogP contribution in [0.25, 0.3) is 11.4 Å². The number of nitrogens with one attached hydrogen (secondary N) is 1. The Kier molecular flexibility index (Phi) is 6.55. The van der Waals surface area contributed by atoms with Crippen molar-refractivity contribution in [2.75, 3.05) is 0 Å². The summed E-state index contributed by atoms with van der Waals surface area (Å²) < 4.78 is 11.2. The molecule has 30 heavy (non-hydrogen) atoms. The van der Waals surface area contributed by atoms with Crippen molar-refractivity contribution < 1.29 is 14.1 Å². The molecule has 0 aliphatic carbocycles. The van der Waals surface area contributed by atoms with Gasteiger partial charge < -0.3 is 14.6 Å². The Hall–Kier alpha value is -3.15. The molecule has 0 saturated carbocycles. The van der Waals surface area contributed by atoms with E-state index < -0.39 is 6.10 Å². The standard InChI is InChI=1S/C24H29N3O3/c1-6-20(29-19-12-10-18(11-13-19)24(3,4)5)23(28)25-15-21-26-22(27-30-21)17-9-7-8-16(2)14-17/h7-14,20H,6,15H2,1-5H3,(H,25,28)/t20-/m0/s1. The van der Waals surface area contributed by atoms with E-state index in [-0.39, 0.29) is 17.9 Å². The molecule has 1 heterocycles. The maximum Gasteiger partial charge on any atom is 0.261 e. The van der Waals surface area contributed by atoms with Gasteiger partial charge in [0.1, 0.15) is 5.75 Å². The average Bonchev–Trinajstić information content (AvgIpc) is 3.19. The number of carbonyl (C=O) groups is 1. The smallest absolute Gasteiger partial charge is 0.261 e. The third kappa shape index (κ3) is 5.47. The monoisotopic (exact) mass is 407 g/mol. The maximum absolute atomic E-state index is 12.6. The highest BCUT2D eigenvalue weighted by Crippen LogP contribution is 2.25. The summed E-state index contributed by atoms with van der Waals surface area (Å²) in [5.74, 6) is 1.31. The maximum atomic E-state index is 12.6. The van der Waals surface area contributed by atoms with Crippen LogP contribution in [0.15, 0.2) is 53.1 Å². The lowest BCUT2D eigenvalue weighted by molar-refractivity contribution is -0.128. The number of rotatable bonds is 7. The van der Waals surface area contributed by atoms with Gasteiger partial charge in [0.25, 0.3) is 5.91 Å². The number of benzene rings is 2. The number of aromatic nitrogens is 2. The van der Waals surface area contributed by atoms with Crippen LogP contribution in [-0.2, 0) is 16.8 Å². The van der Waals surface area contributed by atoms with Crippen LogP contribution in [0.1, 0.15) is 51.1 Å². The minimum atomic E-state index is -0.593. The first-order valence-electron chi connectivity index (χ1n) is 10.2. The molecule has 0 aliphatic heterocycles. The number of carbonyl (C=O) groups excluding carboxylic acids is 1. The number of ether oxygens (including phenoxy) is 1. The van der Waals surface area contributed by atoms with Crippen molar-refractivity contribution in [3.8, 4) is 17.1 Å². The SMILES string of the molecule is CC[C@H](Oc1ccc(C(C)(C)C)cc1)C(=O)NCc1nc(-c2cccc(C)c2)no1. The molecule has 0 saturated heterocycles. The molecule has 6 heteroatoms. The average molecular weight is 408 g/mol. The molecule has 3 aromatic rings. The third-order valence-corrected chi connectivity index (χ3v) is 4.82. The van der Waals surface area contributed by atoms with Gasteiger partial charge in [-0.2, -0.15) is 4.98 Å². The zero-order valence-corrected chi connectivity index (χ0v) is 18.2. The summed E-state index contributed by atoms with van der Waals surface area (Å²) in [5.41, 5.74) is 3.28. The molecule has 158 valence electrons. The van der Waals surface area contributed by atoms with Gasteiger partial charge in [-0.15, -0.1) is 0 Å². The molecule has 0 fully saturated rings. The summed E-state index contributed by atoms with van der Waals surface area (Å²) in [6.07, 6.45) is -0.0461. The highest BCUT2D eigenvalue weighted by Gasteiger charge is 2.20. The quantitative estimate of drug-likeness (QED) is 0.608. The zero-order valence-electron chi connectivity index (χ0n) is 18.2. The second kappa shape index (κ2) is 9.11. The Labute approximate surface area is 177 Å². The van der Waals surface area contributed by atoms with Gasteiger partial charge in [-0.05, 0) is 42.5 Å². The van der Waals surface area contributed by atoms with Crippen LogP contribution in [0, 0.1) is 6.92 Å². The van der Waals surface area contributed by atoms with Crippen molar-refractivity contribution in [3.05, 3.63) is 65.5 Å². The molecule has 0 aliphatic rings. The van der Waals surface area contributed by atoms with E-state index in [0.717, 1.165) is 11.1 Å². The highest BCUT2D eigenvalue weighted by molar-refractivity contribution is 5.81. The molecule has 1 amide bonds. The fourth-order valence-electron chi connectivity index (χ4n) is 3.02. The second-order valence-corrected chi connectivity index (χ2v) is 8.39. The summed E-state index contributed by atoms with van der Waals surface area (Å²) in [7, 11) is 0. The van der Waals surface area contributed by atoms with Crippen molar-refractivity contribution in [3.63, 3.8) is 0 Å². The van der Waals surface area contributed by atoms with Crippen molar-refractivity contribution in [1.29, 1.82) is 0 Å². The summed E-state index contributed by atoms with van der Waals surface area (Å²) in [6, 6.07) is 15.7. The summed E-state index contributed by atoms with van der Waals surface area (Å²) in [5, 5.41) is 6.82. The van der Waals surface area contributed by atoms with Gasteiger partial charge in [-0.3, -0.25) is 4.79 Å². The van der Waals surface area contributed by atoms with E-state index in [1.54, 1.807) is 0 Å².